The molecule has 0 aromatic carbocycles. The molecule has 0 bridgehead atoms. The van der Waals surface area contributed by atoms with Crippen molar-refractivity contribution in [1.29, 1.82) is 0 Å². The van der Waals surface area contributed by atoms with E-state index >= 15 is 0 Å². The Balaban J connectivity index is 2.22. The monoisotopic (exact) mass is 250 g/mol. The van der Waals surface area contributed by atoms with Gasteiger partial charge in [-0.15, -0.1) is 10.2 Å². The number of nitrogens with one attached hydrogen (secondary N) is 1. The van der Waals surface area contributed by atoms with Crippen LogP contribution < -0.4 is 11.1 Å². The molecule has 0 unspecified atom stereocenters. The minimum absolute atomic E-state index is 0.0514. The molecule has 0 fully saturated rings. The van der Waals surface area contributed by atoms with Gasteiger partial charge in [-0.25, -0.2) is 9.97 Å². The fraction of sp³-hybridized carbons (Fsp3) is 0.250. The Morgan fingerprint density at radius 3 is 2.94 bits per heavy atom. The first-order chi connectivity index (χ1) is 8.59. The SMILES string of the molecule is Cn1cnnc1CNc1ncnc(N)c1[N+](=O)[O-]. The van der Waals surface area contributed by atoms with E-state index < -0.39 is 4.92 Å². The number of nitro groups is 1. The molecule has 0 saturated heterocycles. The van der Waals surface area contributed by atoms with Crippen LogP contribution >= 0.6 is 0 Å². The van der Waals surface area contributed by atoms with E-state index in [9.17, 15) is 10.1 Å². The normalized spacial score (nSPS) is 10.3. The third-order valence-corrected chi connectivity index (χ3v) is 2.25. The van der Waals surface area contributed by atoms with Crippen LogP contribution in [0.1, 0.15) is 5.82 Å². The van der Waals surface area contributed by atoms with Crippen LogP contribution in [-0.4, -0.2) is 29.7 Å². The van der Waals surface area contributed by atoms with E-state index in [2.05, 4.69) is 25.5 Å². The second kappa shape index (κ2) is 4.61. The molecule has 10 heteroatoms. The number of aryl methyl sites for hydroxylation is 1. The van der Waals surface area contributed by atoms with Gasteiger partial charge in [-0.2, -0.15) is 0 Å². The van der Waals surface area contributed by atoms with Crippen LogP contribution in [0.2, 0.25) is 0 Å². The second-order valence-electron chi connectivity index (χ2n) is 3.42. The highest BCUT2D eigenvalue weighted by Crippen LogP contribution is 2.26. The molecule has 2 heterocycles. The molecule has 0 radical (unpaired) electrons. The first kappa shape index (κ1) is 11.7. The lowest BCUT2D eigenvalue weighted by atomic mass is 10.4. The zero-order valence-electron chi connectivity index (χ0n) is 9.44. The first-order valence-electron chi connectivity index (χ1n) is 4.91. The average Bonchev–Trinajstić information content (AvgIpc) is 2.71. The zero-order chi connectivity index (χ0) is 13.1. The van der Waals surface area contributed by atoms with Crippen LogP contribution in [0.3, 0.4) is 0 Å². The van der Waals surface area contributed by atoms with Gasteiger partial charge in [0.25, 0.3) is 0 Å². The van der Waals surface area contributed by atoms with Crippen LogP contribution in [0.15, 0.2) is 12.7 Å². The highest BCUT2D eigenvalue weighted by Gasteiger charge is 2.20. The predicted octanol–water partition coefficient (Wildman–Crippen LogP) is -0.292. The number of hydrogen-bond donors (Lipinski definition) is 2. The number of anilines is 2. The summed E-state index contributed by atoms with van der Waals surface area (Å²) in [4.78, 5) is 17.6. The van der Waals surface area contributed by atoms with Crippen molar-refractivity contribution in [2.75, 3.05) is 11.1 Å². The van der Waals surface area contributed by atoms with E-state index in [4.69, 9.17) is 5.73 Å². The standard InChI is InChI=1S/C8H10N8O2/c1-15-4-13-14-5(15)2-10-8-6(16(17)18)7(9)11-3-12-8/h3-4H,2H2,1H3,(H3,9,10,11,12). The van der Waals surface area contributed by atoms with Gasteiger partial charge >= 0.3 is 5.69 Å². The molecule has 0 atom stereocenters. The number of rotatable bonds is 4. The molecule has 18 heavy (non-hydrogen) atoms. The zero-order valence-corrected chi connectivity index (χ0v) is 9.44. The lowest BCUT2D eigenvalue weighted by molar-refractivity contribution is -0.383. The van der Waals surface area contributed by atoms with Gasteiger partial charge in [0.1, 0.15) is 12.7 Å². The average molecular weight is 250 g/mol. The molecule has 2 aromatic heterocycles. The van der Waals surface area contributed by atoms with Crippen LogP contribution in [-0.2, 0) is 13.6 Å². The van der Waals surface area contributed by atoms with E-state index in [-0.39, 0.29) is 23.9 Å². The molecular formula is C8H10N8O2. The van der Waals surface area contributed by atoms with Gasteiger partial charge in [-0.1, -0.05) is 0 Å². The minimum Gasteiger partial charge on any atom is -0.378 e. The summed E-state index contributed by atoms with van der Waals surface area (Å²) in [6.07, 6.45) is 2.68. The molecule has 0 spiro atoms. The Morgan fingerprint density at radius 2 is 2.33 bits per heavy atom. The number of hydrogen-bond acceptors (Lipinski definition) is 8. The Bertz CT molecular complexity index is 580. The predicted molar refractivity (Wildman–Crippen MR) is 61.4 cm³/mol. The Morgan fingerprint density at radius 1 is 1.56 bits per heavy atom. The van der Waals surface area contributed by atoms with Crippen molar-refractivity contribution in [2.45, 2.75) is 6.54 Å². The van der Waals surface area contributed by atoms with Crippen molar-refractivity contribution < 1.29 is 4.92 Å². The molecule has 0 aliphatic carbocycles. The second-order valence-corrected chi connectivity index (χ2v) is 3.42. The summed E-state index contributed by atoms with van der Waals surface area (Å²) in [7, 11) is 1.76. The summed E-state index contributed by atoms with van der Waals surface area (Å²) >= 11 is 0. The summed E-state index contributed by atoms with van der Waals surface area (Å²) in [5.74, 6) is 0.479. The Labute approximate surface area is 101 Å². The lowest BCUT2D eigenvalue weighted by Crippen LogP contribution is -2.10. The van der Waals surface area contributed by atoms with E-state index in [1.54, 1.807) is 11.6 Å². The Kier molecular flexibility index (Phi) is 3.00. The van der Waals surface area contributed by atoms with Crippen molar-refractivity contribution in [2.24, 2.45) is 7.05 Å². The quantitative estimate of drug-likeness (QED) is 0.557. The van der Waals surface area contributed by atoms with E-state index in [1.807, 2.05) is 0 Å². The van der Waals surface area contributed by atoms with Crippen LogP contribution in [0, 0.1) is 10.1 Å². The number of nitrogens with zero attached hydrogens (tertiary/aromatic N) is 6. The molecule has 0 amide bonds. The van der Waals surface area contributed by atoms with E-state index in [0.29, 0.717) is 5.82 Å². The van der Waals surface area contributed by atoms with Gasteiger partial charge in [0.2, 0.25) is 11.6 Å². The fourth-order valence-corrected chi connectivity index (χ4v) is 1.33. The molecule has 94 valence electrons. The van der Waals surface area contributed by atoms with E-state index in [1.165, 1.54) is 6.33 Å². The van der Waals surface area contributed by atoms with Crippen molar-refractivity contribution in [1.82, 2.24) is 24.7 Å². The maximum Gasteiger partial charge on any atom is 0.352 e. The fourth-order valence-electron chi connectivity index (χ4n) is 1.33. The highest BCUT2D eigenvalue weighted by molar-refractivity contribution is 5.67. The van der Waals surface area contributed by atoms with Crippen molar-refractivity contribution in [3.05, 3.63) is 28.6 Å². The molecule has 0 aliphatic heterocycles. The van der Waals surface area contributed by atoms with Crippen LogP contribution in [0.4, 0.5) is 17.3 Å². The van der Waals surface area contributed by atoms with E-state index in [0.717, 1.165) is 6.33 Å². The maximum atomic E-state index is 10.8. The summed E-state index contributed by atoms with van der Waals surface area (Å²) in [5, 5.41) is 21.2. The maximum absolute atomic E-state index is 10.8. The van der Waals surface area contributed by atoms with Crippen LogP contribution in [0.5, 0.6) is 0 Å². The molecular weight excluding hydrogens is 240 g/mol. The molecule has 10 nitrogen and oxygen atoms in total. The molecule has 0 saturated carbocycles. The summed E-state index contributed by atoms with van der Waals surface area (Å²) in [5.41, 5.74) is 5.09. The summed E-state index contributed by atoms with van der Waals surface area (Å²) in [6.45, 7) is 0.244. The largest absolute Gasteiger partial charge is 0.378 e. The van der Waals surface area contributed by atoms with Gasteiger partial charge < -0.3 is 15.6 Å². The van der Waals surface area contributed by atoms with Gasteiger partial charge in [-0.05, 0) is 0 Å². The number of aromatic nitrogens is 5. The van der Waals surface area contributed by atoms with Gasteiger partial charge in [0, 0.05) is 7.05 Å². The van der Waals surface area contributed by atoms with Gasteiger partial charge in [0.15, 0.2) is 5.82 Å². The lowest BCUT2D eigenvalue weighted by Gasteiger charge is -2.05. The molecule has 2 aromatic rings. The molecule has 2 rings (SSSR count). The van der Waals surface area contributed by atoms with Crippen molar-refractivity contribution >= 4 is 17.3 Å². The summed E-state index contributed by atoms with van der Waals surface area (Å²) in [6, 6.07) is 0. The third-order valence-electron chi connectivity index (χ3n) is 2.25. The van der Waals surface area contributed by atoms with Crippen LogP contribution in [0.25, 0.3) is 0 Å². The van der Waals surface area contributed by atoms with Crippen molar-refractivity contribution in [3.8, 4) is 0 Å². The summed E-state index contributed by atoms with van der Waals surface area (Å²) < 4.78 is 1.68. The first-order valence-corrected chi connectivity index (χ1v) is 4.91. The molecule has 0 aliphatic rings. The third kappa shape index (κ3) is 2.16. The topological polar surface area (TPSA) is 138 Å². The van der Waals surface area contributed by atoms with Gasteiger partial charge in [0.05, 0.1) is 11.5 Å². The smallest absolute Gasteiger partial charge is 0.352 e. The van der Waals surface area contributed by atoms with Crippen molar-refractivity contribution in [3.63, 3.8) is 0 Å². The Hall–Kier alpha value is -2.78. The van der Waals surface area contributed by atoms with Gasteiger partial charge in [-0.3, -0.25) is 10.1 Å². The number of nitrogen functional groups attached to an aromatic ring is 1. The minimum atomic E-state index is -0.631. The molecule has 3 N–H and O–H groups in total. The highest BCUT2D eigenvalue weighted by atomic mass is 16.6. The number of nitrogens with two attached hydrogens (primary N) is 1.